The van der Waals surface area contributed by atoms with Gasteiger partial charge in [0, 0.05) is 37.4 Å². The van der Waals surface area contributed by atoms with Crippen LogP contribution < -0.4 is 15.4 Å². The van der Waals surface area contributed by atoms with Crippen molar-refractivity contribution in [3.63, 3.8) is 0 Å². The third-order valence-electron chi connectivity index (χ3n) is 7.40. The maximum atomic E-state index is 12.7. The molecule has 1 saturated heterocycles. The second kappa shape index (κ2) is 11.9. The van der Waals surface area contributed by atoms with E-state index in [9.17, 15) is 4.79 Å². The molecule has 1 aromatic carbocycles. The average molecular weight is 556 g/mol. The molecule has 0 radical (unpaired) electrons. The largest absolute Gasteiger partial charge is 0.493 e. The van der Waals surface area contributed by atoms with E-state index in [2.05, 4.69) is 42.7 Å². The van der Waals surface area contributed by atoms with Crippen molar-refractivity contribution in [1.82, 2.24) is 24.8 Å². The number of ether oxygens (including phenoxy) is 1. The monoisotopic (exact) mass is 555 g/mol. The zero-order chi connectivity index (χ0) is 27.3. The maximum absolute atomic E-state index is 12.7. The molecule has 1 fully saturated rings. The number of benzene rings is 1. The molecule has 3 aromatic heterocycles. The number of pyridine rings is 2. The molecule has 0 aliphatic carbocycles. The number of rotatable bonds is 5. The van der Waals surface area contributed by atoms with E-state index in [1.165, 1.54) is 0 Å². The van der Waals surface area contributed by atoms with E-state index in [1.807, 2.05) is 29.3 Å². The summed E-state index contributed by atoms with van der Waals surface area (Å²) in [6.07, 6.45) is 13.0. The lowest BCUT2D eigenvalue weighted by atomic mass is 9.93. The van der Waals surface area contributed by atoms with E-state index < -0.39 is 0 Å². The molecule has 2 aliphatic rings. The van der Waals surface area contributed by atoms with E-state index in [-0.39, 0.29) is 5.91 Å². The van der Waals surface area contributed by atoms with Gasteiger partial charge in [0.15, 0.2) is 5.82 Å². The Balaban J connectivity index is 1.11. The first-order chi connectivity index (χ1) is 19.6. The summed E-state index contributed by atoms with van der Waals surface area (Å²) in [6, 6.07) is 11.8. The molecule has 40 heavy (non-hydrogen) atoms. The normalized spacial score (nSPS) is 15.1. The van der Waals surface area contributed by atoms with Gasteiger partial charge >= 0.3 is 0 Å². The number of anilines is 4. The minimum Gasteiger partial charge on any atom is -0.493 e. The zero-order valence-electron chi connectivity index (χ0n) is 22.0. The fraction of sp³-hybridized carbons (Fsp3) is 0.300. The Morgan fingerprint density at radius 2 is 1.90 bits per heavy atom. The van der Waals surface area contributed by atoms with Crippen molar-refractivity contribution in [2.75, 3.05) is 30.3 Å². The molecule has 0 unspecified atom stereocenters. The highest BCUT2D eigenvalue weighted by Crippen LogP contribution is 2.31. The van der Waals surface area contributed by atoms with E-state index >= 15 is 0 Å². The van der Waals surface area contributed by atoms with Crippen LogP contribution in [0.5, 0.6) is 5.75 Å². The fourth-order valence-corrected chi connectivity index (χ4v) is 5.32. The quantitative estimate of drug-likeness (QED) is 0.317. The number of amides is 1. The Labute approximate surface area is 238 Å². The number of aromatic nitrogens is 4. The van der Waals surface area contributed by atoms with Crippen molar-refractivity contribution >= 4 is 40.6 Å². The van der Waals surface area contributed by atoms with Crippen LogP contribution in [0.4, 0.5) is 23.1 Å². The van der Waals surface area contributed by atoms with Gasteiger partial charge in [0.1, 0.15) is 10.8 Å². The molecule has 1 amide bonds. The molecule has 2 aliphatic heterocycles. The Kier molecular flexibility index (Phi) is 7.72. The molecule has 9 nitrogen and oxygen atoms in total. The number of carbonyl (C=O) groups is 1. The van der Waals surface area contributed by atoms with Crippen molar-refractivity contribution in [3.8, 4) is 5.75 Å². The van der Waals surface area contributed by atoms with Crippen molar-refractivity contribution in [1.29, 1.82) is 0 Å². The highest BCUT2D eigenvalue weighted by atomic mass is 35.5. The summed E-state index contributed by atoms with van der Waals surface area (Å²) in [7, 11) is 0. The summed E-state index contributed by atoms with van der Waals surface area (Å²) in [5.41, 5.74) is 4.56. The van der Waals surface area contributed by atoms with Crippen molar-refractivity contribution in [2.24, 2.45) is 5.92 Å². The molecule has 0 atom stereocenters. The van der Waals surface area contributed by atoms with Crippen LogP contribution in [-0.2, 0) is 12.8 Å². The van der Waals surface area contributed by atoms with Crippen LogP contribution in [0.25, 0.3) is 0 Å². The van der Waals surface area contributed by atoms with Crippen molar-refractivity contribution in [3.05, 3.63) is 89.1 Å². The number of fused-ring (bicyclic) bond motifs is 6. The fourth-order valence-electron chi connectivity index (χ4n) is 5.18. The molecule has 10 heteroatoms. The molecule has 0 spiro atoms. The lowest BCUT2D eigenvalue weighted by molar-refractivity contribution is 0.0679. The van der Waals surface area contributed by atoms with E-state index in [4.69, 9.17) is 16.3 Å². The summed E-state index contributed by atoms with van der Waals surface area (Å²) in [5.74, 6) is 2.43. The smallest absolute Gasteiger partial charge is 0.255 e. The average Bonchev–Trinajstić information content (AvgIpc) is 2.99. The Hall–Kier alpha value is -4.24. The van der Waals surface area contributed by atoms with Crippen LogP contribution >= 0.6 is 11.6 Å². The number of piperidine rings is 1. The highest BCUT2D eigenvalue weighted by molar-refractivity contribution is 6.32. The predicted octanol–water partition coefficient (Wildman–Crippen LogP) is 5.83. The molecule has 4 aromatic rings. The highest BCUT2D eigenvalue weighted by Gasteiger charge is 2.24. The summed E-state index contributed by atoms with van der Waals surface area (Å²) < 4.78 is 6.34. The zero-order valence-corrected chi connectivity index (χ0v) is 22.8. The predicted molar refractivity (Wildman–Crippen MR) is 155 cm³/mol. The lowest BCUT2D eigenvalue weighted by Crippen LogP contribution is -2.38. The lowest BCUT2D eigenvalue weighted by Gasteiger charge is -2.32. The molecule has 2 N–H and O–H groups in total. The van der Waals surface area contributed by atoms with Crippen LogP contribution in [0.1, 0.15) is 40.7 Å². The van der Waals surface area contributed by atoms with E-state index in [1.54, 1.807) is 30.9 Å². The van der Waals surface area contributed by atoms with E-state index in [0.29, 0.717) is 34.9 Å². The first-order valence-electron chi connectivity index (χ1n) is 13.6. The van der Waals surface area contributed by atoms with Crippen LogP contribution in [-0.4, -0.2) is 50.4 Å². The van der Waals surface area contributed by atoms with Gasteiger partial charge in [-0.2, -0.15) is 4.98 Å². The Bertz CT molecular complexity index is 1490. The van der Waals surface area contributed by atoms with Crippen LogP contribution in [0.2, 0.25) is 5.02 Å². The topological polar surface area (TPSA) is 105 Å². The molecule has 6 rings (SSSR count). The Morgan fingerprint density at radius 3 is 2.75 bits per heavy atom. The molecule has 5 heterocycles. The SMILES string of the molecule is O=C(c1cccnc1)N1CCC(CCOc2ccc3cc2CCc2cncc(c2)Nc2ncc(Cl)c(n2)N3)CC1. The van der Waals surface area contributed by atoms with Gasteiger partial charge in [-0.15, -0.1) is 0 Å². The van der Waals surface area contributed by atoms with Gasteiger partial charge in [-0.3, -0.25) is 14.8 Å². The van der Waals surface area contributed by atoms with Crippen LogP contribution in [0, 0.1) is 5.92 Å². The number of nitrogens with zero attached hydrogens (tertiary/aromatic N) is 5. The number of carbonyl (C=O) groups excluding carboxylic acids is 1. The number of nitrogens with one attached hydrogen (secondary N) is 2. The minimum atomic E-state index is 0.0625. The standard InChI is InChI=1S/C30H30ClN7O2/c31-26-19-34-30-36-25-14-21(16-33-18-25)3-4-22-15-24(35-28(26)37-30)5-6-27(22)40-13-9-20-7-11-38(12-8-20)29(39)23-2-1-10-32-17-23/h1-2,5-6,10,14-20H,3-4,7-9,11-13H2,(H2,34,35,36,37). The van der Waals surface area contributed by atoms with Gasteiger partial charge < -0.3 is 20.3 Å². The van der Waals surface area contributed by atoms with Gasteiger partial charge in [-0.05, 0) is 85.5 Å². The number of halogens is 1. The number of aryl methyl sites for hydroxylation is 2. The minimum absolute atomic E-state index is 0.0625. The number of likely N-dealkylation sites (tertiary alicyclic amines) is 1. The van der Waals surface area contributed by atoms with Crippen LogP contribution in [0.3, 0.4) is 0 Å². The first-order valence-corrected chi connectivity index (χ1v) is 13.9. The molecule has 204 valence electrons. The van der Waals surface area contributed by atoms with E-state index in [0.717, 1.165) is 73.4 Å². The number of hydrogen-bond acceptors (Lipinski definition) is 8. The summed E-state index contributed by atoms with van der Waals surface area (Å²) in [6.45, 7) is 2.15. The maximum Gasteiger partial charge on any atom is 0.255 e. The van der Waals surface area contributed by atoms with Crippen LogP contribution in [0.15, 0.2) is 67.4 Å². The van der Waals surface area contributed by atoms with Gasteiger partial charge in [-0.25, -0.2) is 4.98 Å². The third kappa shape index (κ3) is 6.15. The second-order valence-corrected chi connectivity index (χ2v) is 10.6. The van der Waals surface area contributed by atoms with Crippen molar-refractivity contribution < 1.29 is 9.53 Å². The van der Waals surface area contributed by atoms with Gasteiger partial charge in [-0.1, -0.05) is 11.6 Å². The summed E-state index contributed by atoms with van der Waals surface area (Å²) >= 11 is 6.39. The summed E-state index contributed by atoms with van der Waals surface area (Å²) in [5, 5.41) is 6.97. The molecular weight excluding hydrogens is 526 g/mol. The molecule has 6 bridgehead atoms. The summed E-state index contributed by atoms with van der Waals surface area (Å²) in [4.78, 5) is 32.0. The van der Waals surface area contributed by atoms with Gasteiger partial charge in [0.2, 0.25) is 5.95 Å². The number of hydrogen-bond donors (Lipinski definition) is 2. The van der Waals surface area contributed by atoms with Gasteiger partial charge in [0.05, 0.1) is 30.3 Å². The van der Waals surface area contributed by atoms with Gasteiger partial charge in [0.25, 0.3) is 5.91 Å². The second-order valence-electron chi connectivity index (χ2n) is 10.2. The molecular formula is C30H30ClN7O2. The van der Waals surface area contributed by atoms with Crippen molar-refractivity contribution in [2.45, 2.75) is 32.1 Å². The Morgan fingerprint density at radius 1 is 1.00 bits per heavy atom. The first kappa shape index (κ1) is 26.0. The molecule has 0 saturated carbocycles. The third-order valence-corrected chi connectivity index (χ3v) is 7.67.